The summed E-state index contributed by atoms with van der Waals surface area (Å²) in [5.41, 5.74) is 0. The van der Waals surface area contributed by atoms with Gasteiger partial charge in [-0.3, -0.25) is 4.90 Å². The van der Waals surface area contributed by atoms with E-state index in [2.05, 4.69) is 39.7 Å². The van der Waals surface area contributed by atoms with Crippen LogP contribution in [-0.4, -0.2) is 46.6 Å². The number of likely N-dealkylation sites (tertiary alicyclic amines) is 1. The molecular formula is C18H26N4S. The van der Waals surface area contributed by atoms with Crippen LogP contribution in [0.15, 0.2) is 12.4 Å². The van der Waals surface area contributed by atoms with Crippen molar-refractivity contribution in [2.45, 2.75) is 58.0 Å². The van der Waals surface area contributed by atoms with E-state index < -0.39 is 0 Å². The third-order valence-corrected chi connectivity index (χ3v) is 6.73. The topological polar surface area (TPSA) is 32.3 Å². The molecule has 2 aliphatic heterocycles. The Kier molecular flexibility index (Phi) is 4.24. The lowest BCUT2D eigenvalue weighted by atomic mass is 10.0. The predicted molar refractivity (Wildman–Crippen MR) is 97.4 cm³/mol. The third kappa shape index (κ3) is 2.85. The normalized spacial score (nSPS) is 23.9. The molecule has 23 heavy (non-hydrogen) atoms. The number of hydrogen-bond acceptors (Lipinski definition) is 5. The fourth-order valence-electron chi connectivity index (χ4n) is 4.23. The summed E-state index contributed by atoms with van der Waals surface area (Å²) in [4.78, 5) is 16.9. The van der Waals surface area contributed by atoms with Crippen LogP contribution in [-0.2, 0) is 6.42 Å². The first-order valence-corrected chi connectivity index (χ1v) is 9.82. The molecule has 124 valence electrons. The van der Waals surface area contributed by atoms with Gasteiger partial charge in [0.2, 0.25) is 0 Å². The molecule has 4 nitrogen and oxygen atoms in total. The highest BCUT2D eigenvalue weighted by Gasteiger charge is 2.31. The van der Waals surface area contributed by atoms with E-state index in [4.69, 9.17) is 0 Å². The van der Waals surface area contributed by atoms with Gasteiger partial charge in [0.1, 0.15) is 17.0 Å². The highest BCUT2D eigenvalue weighted by Crippen LogP contribution is 2.33. The summed E-state index contributed by atoms with van der Waals surface area (Å²) >= 11 is 1.81. The molecule has 1 atom stereocenters. The lowest BCUT2D eigenvalue weighted by molar-refractivity contribution is 0.163. The van der Waals surface area contributed by atoms with Crippen LogP contribution in [0.1, 0.15) is 44.4 Å². The van der Waals surface area contributed by atoms with Crippen LogP contribution >= 0.6 is 11.3 Å². The summed E-state index contributed by atoms with van der Waals surface area (Å²) in [5.74, 6) is 1.15. The summed E-state index contributed by atoms with van der Waals surface area (Å²) in [6.07, 6.45) is 8.10. The van der Waals surface area contributed by atoms with Gasteiger partial charge in [0, 0.05) is 30.1 Å². The van der Waals surface area contributed by atoms with Gasteiger partial charge in [0.05, 0.1) is 5.39 Å². The monoisotopic (exact) mass is 330 g/mol. The van der Waals surface area contributed by atoms with E-state index in [9.17, 15) is 0 Å². The van der Waals surface area contributed by atoms with Crippen molar-refractivity contribution in [1.29, 1.82) is 0 Å². The molecule has 2 aliphatic rings. The first-order valence-electron chi connectivity index (χ1n) is 9.00. The second-order valence-corrected chi connectivity index (χ2v) is 8.04. The maximum Gasteiger partial charge on any atom is 0.140 e. The molecule has 0 saturated carbocycles. The van der Waals surface area contributed by atoms with E-state index in [0.717, 1.165) is 42.2 Å². The maximum absolute atomic E-state index is 4.62. The Morgan fingerprint density at radius 1 is 1.17 bits per heavy atom. The molecule has 0 amide bonds. The van der Waals surface area contributed by atoms with Crippen molar-refractivity contribution in [2.75, 3.05) is 24.5 Å². The molecular weight excluding hydrogens is 304 g/mol. The van der Waals surface area contributed by atoms with Gasteiger partial charge in [-0.05, 0) is 51.6 Å². The second kappa shape index (κ2) is 6.36. The molecule has 0 bridgehead atoms. The van der Waals surface area contributed by atoms with E-state index in [1.165, 1.54) is 42.5 Å². The minimum absolute atomic E-state index is 0.773. The molecule has 0 radical (unpaired) electrons. The minimum atomic E-state index is 0.773. The van der Waals surface area contributed by atoms with Crippen molar-refractivity contribution in [3.63, 3.8) is 0 Å². The van der Waals surface area contributed by atoms with Crippen LogP contribution < -0.4 is 4.90 Å². The number of piperidine rings is 1. The maximum atomic E-state index is 4.62. The summed E-state index contributed by atoms with van der Waals surface area (Å²) in [6.45, 7) is 8.15. The molecule has 0 spiro atoms. The average molecular weight is 331 g/mol. The van der Waals surface area contributed by atoms with Gasteiger partial charge in [-0.15, -0.1) is 11.3 Å². The molecule has 0 aromatic carbocycles. The Bertz CT molecular complexity index is 675. The van der Waals surface area contributed by atoms with Gasteiger partial charge < -0.3 is 4.90 Å². The van der Waals surface area contributed by atoms with Crippen molar-refractivity contribution < 1.29 is 0 Å². The standard InChI is InChI=1S/C18H26N4S/c1-3-15-11-16-17(19-12-20-18(16)23-15)21-9-6-14(7-10-21)22-8-4-5-13(22)2/h11-14H,3-10H2,1-2H3. The quantitative estimate of drug-likeness (QED) is 0.859. The van der Waals surface area contributed by atoms with Crippen LogP contribution in [0.2, 0.25) is 0 Å². The molecule has 2 aromatic heterocycles. The number of nitrogens with zero attached hydrogens (tertiary/aromatic N) is 4. The third-order valence-electron chi connectivity index (χ3n) is 5.55. The van der Waals surface area contributed by atoms with Crippen molar-refractivity contribution in [1.82, 2.24) is 14.9 Å². The smallest absolute Gasteiger partial charge is 0.140 e. The van der Waals surface area contributed by atoms with Crippen molar-refractivity contribution in [3.05, 3.63) is 17.3 Å². The summed E-state index contributed by atoms with van der Waals surface area (Å²) < 4.78 is 0. The van der Waals surface area contributed by atoms with Crippen molar-refractivity contribution in [2.24, 2.45) is 0 Å². The number of anilines is 1. The largest absolute Gasteiger partial charge is 0.356 e. The van der Waals surface area contributed by atoms with Gasteiger partial charge in [-0.1, -0.05) is 6.92 Å². The second-order valence-electron chi connectivity index (χ2n) is 6.93. The van der Waals surface area contributed by atoms with Crippen LogP contribution in [0, 0.1) is 0 Å². The lowest BCUT2D eigenvalue weighted by Crippen LogP contribution is -2.46. The molecule has 5 heteroatoms. The SMILES string of the molecule is CCc1cc2c(N3CCC(N4CCCC4C)CC3)ncnc2s1. The number of aromatic nitrogens is 2. The number of aryl methyl sites for hydroxylation is 1. The van der Waals surface area contributed by atoms with Gasteiger partial charge in [-0.25, -0.2) is 9.97 Å². The minimum Gasteiger partial charge on any atom is -0.356 e. The van der Waals surface area contributed by atoms with Crippen LogP contribution in [0.3, 0.4) is 0 Å². The zero-order valence-electron chi connectivity index (χ0n) is 14.2. The molecule has 4 heterocycles. The molecule has 0 aliphatic carbocycles. The summed E-state index contributed by atoms with van der Waals surface area (Å²) in [5, 5.41) is 1.25. The Balaban J connectivity index is 1.51. The zero-order valence-corrected chi connectivity index (χ0v) is 15.0. The van der Waals surface area contributed by atoms with E-state index in [1.807, 2.05) is 11.3 Å². The molecule has 4 rings (SSSR count). The predicted octanol–water partition coefficient (Wildman–Crippen LogP) is 3.71. The highest BCUT2D eigenvalue weighted by atomic mass is 32.1. The van der Waals surface area contributed by atoms with Crippen LogP contribution in [0.25, 0.3) is 10.2 Å². The lowest BCUT2D eigenvalue weighted by Gasteiger charge is -2.39. The van der Waals surface area contributed by atoms with E-state index >= 15 is 0 Å². The Hall–Kier alpha value is -1.20. The van der Waals surface area contributed by atoms with Crippen molar-refractivity contribution >= 4 is 27.4 Å². The van der Waals surface area contributed by atoms with E-state index in [1.54, 1.807) is 6.33 Å². The Morgan fingerprint density at radius 3 is 2.70 bits per heavy atom. The molecule has 2 aromatic rings. The summed E-state index contributed by atoms with van der Waals surface area (Å²) in [6, 6.07) is 3.85. The van der Waals surface area contributed by atoms with Crippen LogP contribution in [0.5, 0.6) is 0 Å². The van der Waals surface area contributed by atoms with Gasteiger partial charge in [-0.2, -0.15) is 0 Å². The van der Waals surface area contributed by atoms with E-state index in [-0.39, 0.29) is 0 Å². The van der Waals surface area contributed by atoms with Crippen LogP contribution in [0.4, 0.5) is 5.82 Å². The number of thiophene rings is 1. The first-order chi connectivity index (χ1) is 11.3. The Morgan fingerprint density at radius 2 is 2.00 bits per heavy atom. The number of fused-ring (bicyclic) bond motifs is 1. The molecule has 2 fully saturated rings. The highest BCUT2D eigenvalue weighted by molar-refractivity contribution is 7.18. The average Bonchev–Trinajstić information content (AvgIpc) is 3.20. The molecule has 0 N–H and O–H groups in total. The van der Waals surface area contributed by atoms with Gasteiger partial charge in [0.25, 0.3) is 0 Å². The number of hydrogen-bond donors (Lipinski definition) is 0. The number of rotatable bonds is 3. The van der Waals surface area contributed by atoms with Gasteiger partial charge in [0.15, 0.2) is 0 Å². The fourth-order valence-corrected chi connectivity index (χ4v) is 5.16. The van der Waals surface area contributed by atoms with Gasteiger partial charge >= 0.3 is 0 Å². The summed E-state index contributed by atoms with van der Waals surface area (Å²) in [7, 11) is 0. The van der Waals surface area contributed by atoms with E-state index in [0.29, 0.717) is 0 Å². The first kappa shape index (κ1) is 15.3. The fraction of sp³-hybridized carbons (Fsp3) is 0.667. The van der Waals surface area contributed by atoms with Crippen molar-refractivity contribution in [3.8, 4) is 0 Å². The molecule has 1 unspecified atom stereocenters. The zero-order chi connectivity index (χ0) is 15.8. The molecule has 2 saturated heterocycles. The Labute approximate surface area is 142 Å².